The number of carbonyl (C=O) groups is 1. The number of aliphatic carboxylic acids is 1. The summed E-state index contributed by atoms with van der Waals surface area (Å²) >= 11 is 0. The van der Waals surface area contributed by atoms with Crippen LogP contribution in [0.15, 0.2) is 0 Å². The maximum Gasteiger partial charge on any atom is 0.329 e. The van der Waals surface area contributed by atoms with E-state index in [9.17, 15) is 4.79 Å². The van der Waals surface area contributed by atoms with Gasteiger partial charge in [-0.1, -0.05) is 0 Å². The summed E-state index contributed by atoms with van der Waals surface area (Å²) in [4.78, 5) is 10.2. The van der Waals surface area contributed by atoms with Gasteiger partial charge in [0.05, 0.1) is 119 Å². The second kappa shape index (κ2) is 29.0. The minimum Gasteiger partial charge on any atom is -0.480 e. The number of ether oxygens (including phenoxy) is 11. The molecule has 13 nitrogen and oxygen atoms in total. The predicted octanol–water partition coefficient (Wildman–Crippen LogP) is 0.764. The van der Waals surface area contributed by atoms with Gasteiger partial charge in [0, 0.05) is 6.61 Å². The predicted molar refractivity (Wildman–Crippen MR) is 135 cm³/mol. The van der Waals surface area contributed by atoms with E-state index in [-0.39, 0.29) is 19.5 Å². The van der Waals surface area contributed by atoms with Crippen LogP contribution in [0.3, 0.4) is 0 Å². The number of hydrogen-bond acceptors (Lipinski definition) is 12. The van der Waals surface area contributed by atoms with Gasteiger partial charge in [0.25, 0.3) is 0 Å². The molecule has 0 aromatic heterocycles. The summed E-state index contributed by atoms with van der Waals surface area (Å²) in [6.45, 7) is 8.99. The van der Waals surface area contributed by atoms with Crippen molar-refractivity contribution in [2.75, 3.05) is 132 Å². The zero-order chi connectivity index (χ0) is 27.2. The van der Waals surface area contributed by atoms with Crippen LogP contribution in [-0.2, 0) is 56.9 Å². The van der Waals surface area contributed by atoms with Gasteiger partial charge in [0.15, 0.2) is 6.29 Å². The van der Waals surface area contributed by atoms with Crippen LogP contribution in [0.25, 0.3) is 0 Å². The van der Waals surface area contributed by atoms with Gasteiger partial charge in [-0.3, -0.25) is 0 Å². The second-order valence-electron chi connectivity index (χ2n) is 8.01. The van der Waals surface area contributed by atoms with E-state index in [1.54, 1.807) is 0 Å². The fraction of sp³-hybridized carbons (Fsp3) is 0.960. The fourth-order valence-electron chi connectivity index (χ4n) is 3.00. The van der Waals surface area contributed by atoms with Gasteiger partial charge in [0.1, 0.15) is 6.61 Å². The van der Waals surface area contributed by atoms with E-state index in [2.05, 4.69) is 0 Å². The molecule has 1 fully saturated rings. The highest BCUT2D eigenvalue weighted by Gasteiger charge is 2.13. The molecule has 0 amide bonds. The lowest BCUT2D eigenvalue weighted by Gasteiger charge is -2.22. The Bertz CT molecular complexity index is 492. The van der Waals surface area contributed by atoms with E-state index >= 15 is 0 Å². The van der Waals surface area contributed by atoms with Crippen LogP contribution in [0, 0.1) is 0 Å². The molecular weight excluding hydrogens is 508 g/mol. The largest absolute Gasteiger partial charge is 0.480 e. The van der Waals surface area contributed by atoms with Gasteiger partial charge < -0.3 is 57.2 Å². The Kier molecular flexibility index (Phi) is 26.8. The number of hydrogen-bond donors (Lipinski definition) is 1. The normalized spacial score (nSPS) is 15.7. The number of rotatable bonds is 30. The van der Waals surface area contributed by atoms with Crippen LogP contribution in [0.1, 0.15) is 19.3 Å². The zero-order valence-corrected chi connectivity index (χ0v) is 22.7. The molecule has 0 spiro atoms. The molecule has 1 heterocycles. The van der Waals surface area contributed by atoms with E-state index in [0.717, 1.165) is 25.9 Å². The van der Waals surface area contributed by atoms with Crippen molar-refractivity contribution in [1.82, 2.24) is 0 Å². The van der Waals surface area contributed by atoms with Crippen molar-refractivity contribution >= 4 is 5.97 Å². The summed E-state index contributed by atoms with van der Waals surface area (Å²) in [6, 6.07) is 0. The van der Waals surface area contributed by atoms with E-state index in [1.807, 2.05) is 0 Å². The lowest BCUT2D eigenvalue weighted by molar-refractivity contribution is -0.169. The highest BCUT2D eigenvalue weighted by atomic mass is 16.7. The van der Waals surface area contributed by atoms with Crippen molar-refractivity contribution < 1.29 is 62.0 Å². The van der Waals surface area contributed by atoms with Crippen LogP contribution < -0.4 is 0 Å². The standard InChI is InChI=1S/C25H48O13/c26-24(27)23-36-20-19-34-16-15-32-12-11-30-8-7-28-5-6-29-9-10-31-13-14-33-17-18-35-21-22-38-25-3-1-2-4-37-25/h25H,1-23H2,(H,26,27). The third-order valence-electron chi connectivity index (χ3n) is 4.87. The van der Waals surface area contributed by atoms with E-state index in [1.165, 1.54) is 0 Å². The van der Waals surface area contributed by atoms with Crippen LogP contribution in [0.2, 0.25) is 0 Å². The summed E-state index contributed by atoms with van der Waals surface area (Å²) in [5.41, 5.74) is 0. The molecule has 226 valence electrons. The second-order valence-corrected chi connectivity index (χ2v) is 8.01. The topological polar surface area (TPSA) is 139 Å². The van der Waals surface area contributed by atoms with Crippen LogP contribution in [0.5, 0.6) is 0 Å². The summed E-state index contributed by atoms with van der Waals surface area (Å²) in [5, 5.41) is 8.41. The van der Waals surface area contributed by atoms with Gasteiger partial charge in [-0.2, -0.15) is 0 Å². The Morgan fingerprint density at radius 1 is 0.526 bits per heavy atom. The number of carboxylic acid groups (broad SMARTS) is 1. The molecule has 1 N–H and O–H groups in total. The molecule has 0 aliphatic carbocycles. The molecule has 38 heavy (non-hydrogen) atoms. The minimum absolute atomic E-state index is 0.0689. The van der Waals surface area contributed by atoms with Crippen molar-refractivity contribution in [1.29, 1.82) is 0 Å². The highest BCUT2D eigenvalue weighted by Crippen LogP contribution is 2.13. The monoisotopic (exact) mass is 556 g/mol. The van der Waals surface area contributed by atoms with Crippen molar-refractivity contribution in [3.8, 4) is 0 Å². The lowest BCUT2D eigenvalue weighted by Crippen LogP contribution is -2.24. The van der Waals surface area contributed by atoms with Gasteiger partial charge in [-0.15, -0.1) is 0 Å². The molecule has 1 rings (SSSR count). The van der Waals surface area contributed by atoms with Crippen molar-refractivity contribution in [2.45, 2.75) is 25.6 Å². The molecule has 0 aromatic rings. The van der Waals surface area contributed by atoms with Crippen molar-refractivity contribution in [3.63, 3.8) is 0 Å². The molecule has 0 saturated carbocycles. The zero-order valence-electron chi connectivity index (χ0n) is 22.7. The van der Waals surface area contributed by atoms with E-state index in [0.29, 0.717) is 112 Å². The van der Waals surface area contributed by atoms with Gasteiger partial charge in [0.2, 0.25) is 0 Å². The van der Waals surface area contributed by atoms with Crippen LogP contribution in [-0.4, -0.2) is 150 Å². The van der Waals surface area contributed by atoms with Gasteiger partial charge >= 0.3 is 5.97 Å². The summed E-state index contributed by atoms with van der Waals surface area (Å²) in [5.74, 6) is -0.993. The highest BCUT2D eigenvalue weighted by molar-refractivity contribution is 5.67. The maximum absolute atomic E-state index is 10.2. The molecule has 1 saturated heterocycles. The molecule has 0 bridgehead atoms. The van der Waals surface area contributed by atoms with E-state index in [4.69, 9.17) is 57.2 Å². The average molecular weight is 557 g/mol. The Morgan fingerprint density at radius 2 is 0.868 bits per heavy atom. The average Bonchev–Trinajstić information content (AvgIpc) is 2.92. The van der Waals surface area contributed by atoms with Crippen molar-refractivity contribution in [2.24, 2.45) is 0 Å². The first-order valence-corrected chi connectivity index (χ1v) is 13.4. The van der Waals surface area contributed by atoms with Crippen LogP contribution in [0.4, 0.5) is 0 Å². The molecule has 1 atom stereocenters. The van der Waals surface area contributed by atoms with Gasteiger partial charge in [-0.25, -0.2) is 4.79 Å². The lowest BCUT2D eigenvalue weighted by atomic mass is 10.2. The minimum atomic E-state index is -0.993. The first kappa shape index (κ1) is 35.1. The molecule has 1 aliphatic rings. The molecular formula is C25H48O13. The third-order valence-corrected chi connectivity index (χ3v) is 4.87. The molecule has 0 radical (unpaired) electrons. The molecule has 1 unspecified atom stereocenters. The molecule has 0 aromatic carbocycles. The van der Waals surface area contributed by atoms with Crippen LogP contribution >= 0.6 is 0 Å². The molecule has 13 heteroatoms. The Labute approximate surface area is 226 Å². The first-order chi connectivity index (χ1) is 18.8. The van der Waals surface area contributed by atoms with Crippen molar-refractivity contribution in [3.05, 3.63) is 0 Å². The first-order valence-electron chi connectivity index (χ1n) is 13.4. The van der Waals surface area contributed by atoms with E-state index < -0.39 is 5.97 Å². The molecule has 1 aliphatic heterocycles. The summed E-state index contributed by atoms with van der Waals surface area (Å²) in [6.07, 6.45) is 3.18. The van der Waals surface area contributed by atoms with Gasteiger partial charge in [-0.05, 0) is 19.3 Å². The quantitative estimate of drug-likeness (QED) is 0.125. The Hall–Kier alpha value is -0.970. The SMILES string of the molecule is O=C(O)COCCOCCOCCOCCOCCOCCOCCOCCOCCOC1CCCCO1. The number of carboxylic acids is 1. The summed E-state index contributed by atoms with van der Waals surface area (Å²) in [7, 11) is 0. The Morgan fingerprint density at radius 3 is 1.18 bits per heavy atom. The summed E-state index contributed by atoms with van der Waals surface area (Å²) < 4.78 is 59.2. The Balaban J connectivity index is 1.61. The fourth-order valence-corrected chi connectivity index (χ4v) is 3.00. The maximum atomic E-state index is 10.2. The smallest absolute Gasteiger partial charge is 0.329 e. The third kappa shape index (κ3) is 26.6.